The molecule has 116 valence electrons. The first-order valence-corrected chi connectivity index (χ1v) is 7.34. The lowest BCUT2D eigenvalue weighted by Gasteiger charge is -2.35. The summed E-state index contributed by atoms with van der Waals surface area (Å²) in [4.78, 5) is 27.1. The molecule has 6 nitrogen and oxygen atoms in total. The molecule has 0 bridgehead atoms. The Balaban J connectivity index is 2.35. The summed E-state index contributed by atoms with van der Waals surface area (Å²) < 4.78 is 0. The van der Waals surface area contributed by atoms with Crippen LogP contribution in [0, 0.1) is 0 Å². The first-order valence-electron chi connectivity index (χ1n) is 7.34. The molecule has 0 radical (unpaired) electrons. The monoisotopic (exact) mass is 284 g/mol. The van der Waals surface area contributed by atoms with Crippen molar-refractivity contribution in [1.82, 2.24) is 20.4 Å². The van der Waals surface area contributed by atoms with Gasteiger partial charge in [-0.3, -0.25) is 4.79 Å². The van der Waals surface area contributed by atoms with Crippen molar-refractivity contribution >= 4 is 11.9 Å². The Morgan fingerprint density at radius 2 is 1.70 bits per heavy atom. The van der Waals surface area contributed by atoms with E-state index in [1.807, 2.05) is 25.7 Å². The predicted molar refractivity (Wildman–Crippen MR) is 79.6 cm³/mol. The molecule has 3 amide bonds. The van der Waals surface area contributed by atoms with Crippen molar-refractivity contribution in [3.63, 3.8) is 0 Å². The average Bonchev–Trinajstić information content (AvgIpc) is 2.37. The van der Waals surface area contributed by atoms with Crippen LogP contribution in [0.15, 0.2) is 0 Å². The maximum Gasteiger partial charge on any atom is 0.319 e. The molecule has 0 aromatic heterocycles. The van der Waals surface area contributed by atoms with Crippen LogP contribution in [0.5, 0.6) is 0 Å². The number of rotatable bonds is 4. The number of nitrogens with zero attached hydrogens (tertiary/aromatic N) is 2. The summed E-state index contributed by atoms with van der Waals surface area (Å²) >= 11 is 0. The Bertz CT molecular complexity index is 336. The number of carbonyl (C=O) groups is 2. The fourth-order valence-electron chi connectivity index (χ4n) is 2.36. The van der Waals surface area contributed by atoms with Gasteiger partial charge in [-0.2, -0.15) is 0 Å². The van der Waals surface area contributed by atoms with Crippen LogP contribution in [0.2, 0.25) is 0 Å². The molecular formula is C14H28N4O2. The van der Waals surface area contributed by atoms with Crippen LogP contribution in [-0.4, -0.2) is 67.0 Å². The molecule has 0 aromatic carbocycles. The van der Waals surface area contributed by atoms with Gasteiger partial charge in [-0.15, -0.1) is 0 Å². The van der Waals surface area contributed by atoms with Gasteiger partial charge in [0, 0.05) is 39.3 Å². The van der Waals surface area contributed by atoms with Crippen molar-refractivity contribution in [2.45, 2.75) is 51.7 Å². The first-order chi connectivity index (χ1) is 9.31. The molecule has 20 heavy (non-hydrogen) atoms. The first kappa shape index (κ1) is 16.8. The van der Waals surface area contributed by atoms with Crippen LogP contribution >= 0.6 is 0 Å². The molecule has 0 saturated carbocycles. The Labute approximate surface area is 121 Å². The summed E-state index contributed by atoms with van der Waals surface area (Å²) in [6, 6.07) is 0.327. The quantitative estimate of drug-likeness (QED) is 0.796. The molecule has 1 fully saturated rings. The van der Waals surface area contributed by atoms with Gasteiger partial charge in [0.2, 0.25) is 5.91 Å². The minimum Gasteiger partial charge on any atom is -0.353 e. The molecule has 1 unspecified atom stereocenters. The van der Waals surface area contributed by atoms with Crippen molar-refractivity contribution < 1.29 is 9.59 Å². The van der Waals surface area contributed by atoms with Gasteiger partial charge in [0.1, 0.15) is 0 Å². The number of urea groups is 1. The van der Waals surface area contributed by atoms with E-state index in [1.165, 1.54) is 0 Å². The van der Waals surface area contributed by atoms with Gasteiger partial charge < -0.3 is 20.4 Å². The van der Waals surface area contributed by atoms with Gasteiger partial charge in [-0.25, -0.2) is 4.79 Å². The van der Waals surface area contributed by atoms with Crippen LogP contribution in [0.25, 0.3) is 0 Å². The van der Waals surface area contributed by atoms with E-state index in [0.29, 0.717) is 6.04 Å². The number of likely N-dealkylation sites (tertiary alicyclic amines) is 1. The van der Waals surface area contributed by atoms with Crippen LogP contribution in [0.3, 0.4) is 0 Å². The van der Waals surface area contributed by atoms with E-state index in [4.69, 9.17) is 0 Å². The van der Waals surface area contributed by atoms with Crippen molar-refractivity contribution in [2.75, 3.05) is 27.2 Å². The Morgan fingerprint density at radius 1 is 1.15 bits per heavy atom. The van der Waals surface area contributed by atoms with Gasteiger partial charge in [-0.1, -0.05) is 0 Å². The van der Waals surface area contributed by atoms with Gasteiger partial charge in [-0.05, 0) is 33.6 Å². The lowest BCUT2D eigenvalue weighted by atomic mass is 10.0. The third-order valence-electron chi connectivity index (χ3n) is 3.46. The van der Waals surface area contributed by atoms with E-state index >= 15 is 0 Å². The molecule has 1 saturated heterocycles. The van der Waals surface area contributed by atoms with Gasteiger partial charge in [0.15, 0.2) is 0 Å². The molecule has 0 spiro atoms. The van der Waals surface area contributed by atoms with Crippen molar-refractivity contribution in [3.05, 3.63) is 0 Å². The Kier molecular flexibility index (Phi) is 6.26. The smallest absolute Gasteiger partial charge is 0.319 e. The highest BCUT2D eigenvalue weighted by atomic mass is 16.2. The molecule has 1 aliphatic heterocycles. The van der Waals surface area contributed by atoms with E-state index in [0.717, 1.165) is 25.9 Å². The minimum atomic E-state index is -0.196. The van der Waals surface area contributed by atoms with E-state index in [1.54, 1.807) is 19.0 Å². The van der Waals surface area contributed by atoms with Crippen LogP contribution < -0.4 is 10.6 Å². The predicted octanol–water partition coefficient (Wildman–Crippen LogP) is 0.635. The van der Waals surface area contributed by atoms with Crippen molar-refractivity contribution in [3.8, 4) is 0 Å². The molecule has 1 atom stereocenters. The number of piperidine rings is 1. The van der Waals surface area contributed by atoms with Crippen LogP contribution in [0.4, 0.5) is 4.79 Å². The summed E-state index contributed by atoms with van der Waals surface area (Å²) in [5, 5.41) is 6.25. The molecule has 1 aliphatic rings. The lowest BCUT2D eigenvalue weighted by molar-refractivity contribution is -0.123. The average molecular weight is 284 g/mol. The van der Waals surface area contributed by atoms with Crippen LogP contribution in [-0.2, 0) is 4.79 Å². The van der Waals surface area contributed by atoms with E-state index in [2.05, 4.69) is 10.6 Å². The third-order valence-corrected chi connectivity index (χ3v) is 3.46. The van der Waals surface area contributed by atoms with Crippen LogP contribution in [0.1, 0.15) is 33.6 Å². The zero-order valence-corrected chi connectivity index (χ0v) is 13.3. The standard InChI is InChI=1S/C14H28N4O2/c1-10(2)15-13(19)11(3)16-12-6-8-18(9-7-12)14(20)17(4)5/h10-12,16H,6-9H2,1-5H3,(H,15,19). The maximum atomic E-state index is 11.8. The second-order valence-corrected chi connectivity index (χ2v) is 5.99. The highest BCUT2D eigenvalue weighted by Crippen LogP contribution is 2.12. The molecule has 1 heterocycles. The topological polar surface area (TPSA) is 64.7 Å². The van der Waals surface area contributed by atoms with E-state index in [-0.39, 0.29) is 24.0 Å². The van der Waals surface area contributed by atoms with E-state index in [9.17, 15) is 9.59 Å². The normalized spacial score (nSPS) is 18.0. The van der Waals surface area contributed by atoms with Gasteiger partial charge >= 0.3 is 6.03 Å². The fourth-order valence-corrected chi connectivity index (χ4v) is 2.36. The highest BCUT2D eigenvalue weighted by Gasteiger charge is 2.25. The Hall–Kier alpha value is -1.30. The molecule has 0 aromatic rings. The summed E-state index contributed by atoms with van der Waals surface area (Å²) in [6.07, 6.45) is 1.78. The minimum absolute atomic E-state index is 0.0341. The van der Waals surface area contributed by atoms with Gasteiger partial charge in [0.25, 0.3) is 0 Å². The zero-order valence-electron chi connectivity index (χ0n) is 13.3. The second kappa shape index (κ2) is 7.47. The lowest BCUT2D eigenvalue weighted by Crippen LogP contribution is -2.53. The third kappa shape index (κ3) is 5.00. The van der Waals surface area contributed by atoms with Crippen molar-refractivity contribution in [2.24, 2.45) is 0 Å². The maximum absolute atomic E-state index is 11.8. The molecule has 1 rings (SSSR count). The van der Waals surface area contributed by atoms with E-state index < -0.39 is 0 Å². The number of nitrogens with one attached hydrogen (secondary N) is 2. The second-order valence-electron chi connectivity index (χ2n) is 5.99. The summed E-state index contributed by atoms with van der Waals surface area (Å²) in [7, 11) is 3.54. The highest BCUT2D eigenvalue weighted by molar-refractivity contribution is 5.81. The summed E-state index contributed by atoms with van der Waals surface area (Å²) in [6.45, 7) is 7.28. The number of hydrogen-bond acceptors (Lipinski definition) is 3. The molecular weight excluding hydrogens is 256 g/mol. The SMILES string of the molecule is CC(C)NC(=O)C(C)NC1CCN(C(=O)N(C)C)CC1. The molecule has 0 aliphatic carbocycles. The summed E-state index contributed by atoms with van der Waals surface area (Å²) in [5.74, 6) is 0.0341. The Morgan fingerprint density at radius 3 is 2.15 bits per heavy atom. The largest absolute Gasteiger partial charge is 0.353 e. The number of amides is 3. The fraction of sp³-hybridized carbons (Fsp3) is 0.857. The van der Waals surface area contributed by atoms with Gasteiger partial charge in [0.05, 0.1) is 6.04 Å². The number of hydrogen-bond donors (Lipinski definition) is 2. The molecule has 2 N–H and O–H groups in total. The molecule has 6 heteroatoms. The van der Waals surface area contributed by atoms with Crippen molar-refractivity contribution in [1.29, 1.82) is 0 Å². The zero-order chi connectivity index (χ0) is 15.3. The summed E-state index contributed by atoms with van der Waals surface area (Å²) in [5.41, 5.74) is 0. The number of carbonyl (C=O) groups excluding carboxylic acids is 2.